The third kappa shape index (κ3) is 3.05. The molecule has 0 aliphatic heterocycles. The number of rotatable bonds is 4. The molecule has 22 heavy (non-hydrogen) atoms. The Bertz CT molecular complexity index is 796. The molecule has 0 unspecified atom stereocenters. The Hall–Kier alpha value is -2.11. The third-order valence-electron chi connectivity index (χ3n) is 3.15. The number of carbonyl (C=O) groups excluding carboxylic acids is 1. The number of halogens is 1. The second kappa shape index (κ2) is 6.34. The maximum Gasteiger partial charge on any atom is 0.287 e. The predicted octanol–water partition coefficient (Wildman–Crippen LogP) is 4.29. The second-order valence-corrected chi connectivity index (χ2v) is 6.16. The molecule has 0 saturated carbocycles. The molecule has 0 radical (unpaired) electrons. The molecule has 2 heterocycles. The average Bonchev–Trinajstić information content (AvgIpc) is 3.15. The molecule has 1 N–H and O–H groups in total. The van der Waals surface area contributed by atoms with E-state index in [0.717, 1.165) is 21.1 Å². The van der Waals surface area contributed by atoms with Crippen molar-refractivity contribution in [1.82, 2.24) is 10.3 Å². The quantitative estimate of drug-likeness (QED) is 0.775. The summed E-state index contributed by atoms with van der Waals surface area (Å²) < 4.78 is 5.06. The SMILES string of the molecule is Cc1nc(-c2ccccc2Cl)sc1CNC(=O)c1ccco1. The smallest absolute Gasteiger partial charge is 0.287 e. The van der Waals surface area contributed by atoms with Crippen LogP contribution in [0.1, 0.15) is 21.1 Å². The van der Waals surface area contributed by atoms with E-state index in [0.29, 0.717) is 17.3 Å². The first-order chi connectivity index (χ1) is 10.6. The first-order valence-corrected chi connectivity index (χ1v) is 7.87. The fraction of sp³-hybridized carbons (Fsp3) is 0.125. The van der Waals surface area contributed by atoms with Crippen LogP contribution in [0.4, 0.5) is 0 Å². The minimum atomic E-state index is -0.239. The molecule has 3 rings (SSSR count). The van der Waals surface area contributed by atoms with Crippen LogP contribution in [0.25, 0.3) is 10.6 Å². The van der Waals surface area contributed by atoms with Gasteiger partial charge in [0.2, 0.25) is 0 Å². The van der Waals surface area contributed by atoms with Gasteiger partial charge in [-0.2, -0.15) is 0 Å². The summed E-state index contributed by atoms with van der Waals surface area (Å²) in [4.78, 5) is 17.4. The number of nitrogens with one attached hydrogen (secondary N) is 1. The zero-order valence-electron chi connectivity index (χ0n) is 11.8. The maximum atomic E-state index is 11.9. The Morgan fingerprint density at radius 1 is 1.32 bits per heavy atom. The number of aromatic nitrogens is 1. The number of benzene rings is 1. The normalized spacial score (nSPS) is 10.6. The molecule has 0 aliphatic carbocycles. The summed E-state index contributed by atoms with van der Waals surface area (Å²) in [7, 11) is 0. The zero-order chi connectivity index (χ0) is 15.5. The number of hydrogen-bond donors (Lipinski definition) is 1. The summed E-state index contributed by atoms with van der Waals surface area (Å²) in [6.07, 6.45) is 1.47. The molecular weight excluding hydrogens is 320 g/mol. The summed E-state index contributed by atoms with van der Waals surface area (Å²) in [5, 5.41) is 4.35. The van der Waals surface area contributed by atoms with Gasteiger partial charge in [0, 0.05) is 10.4 Å². The lowest BCUT2D eigenvalue weighted by atomic mass is 10.2. The summed E-state index contributed by atoms with van der Waals surface area (Å²) >= 11 is 7.73. The molecule has 1 aromatic carbocycles. The van der Waals surface area contributed by atoms with Gasteiger partial charge in [0.1, 0.15) is 5.01 Å². The van der Waals surface area contributed by atoms with Crippen molar-refractivity contribution in [2.45, 2.75) is 13.5 Å². The van der Waals surface area contributed by atoms with E-state index < -0.39 is 0 Å². The molecule has 0 aliphatic rings. The first kappa shape index (κ1) is 14.8. The molecule has 0 saturated heterocycles. The van der Waals surface area contributed by atoms with Crippen LogP contribution >= 0.6 is 22.9 Å². The van der Waals surface area contributed by atoms with Crippen molar-refractivity contribution in [1.29, 1.82) is 0 Å². The van der Waals surface area contributed by atoms with E-state index in [2.05, 4.69) is 10.3 Å². The van der Waals surface area contributed by atoms with E-state index in [4.69, 9.17) is 16.0 Å². The fourth-order valence-electron chi connectivity index (χ4n) is 2.00. The van der Waals surface area contributed by atoms with Crippen LogP contribution in [-0.2, 0) is 6.54 Å². The molecule has 6 heteroatoms. The standard InChI is InChI=1S/C16H13ClN2O2S/c1-10-14(9-18-15(20)13-7-4-8-21-13)22-16(19-10)11-5-2-3-6-12(11)17/h2-8H,9H2,1H3,(H,18,20). The first-order valence-electron chi connectivity index (χ1n) is 6.68. The molecule has 0 fully saturated rings. The van der Waals surface area contributed by atoms with Crippen LogP contribution in [0.3, 0.4) is 0 Å². The molecule has 1 amide bonds. The van der Waals surface area contributed by atoms with Gasteiger partial charge >= 0.3 is 0 Å². The van der Waals surface area contributed by atoms with Crippen LogP contribution < -0.4 is 5.32 Å². The molecule has 0 bridgehead atoms. The summed E-state index contributed by atoms with van der Waals surface area (Å²) in [5.41, 5.74) is 1.79. The molecular formula is C16H13ClN2O2S. The Kier molecular flexibility index (Phi) is 4.27. The third-order valence-corrected chi connectivity index (χ3v) is 4.67. The van der Waals surface area contributed by atoms with Gasteiger partial charge < -0.3 is 9.73 Å². The lowest BCUT2D eigenvalue weighted by Gasteiger charge is -2.01. The second-order valence-electron chi connectivity index (χ2n) is 4.67. The summed E-state index contributed by atoms with van der Waals surface area (Å²) in [5.74, 6) is 0.0607. The highest BCUT2D eigenvalue weighted by atomic mass is 35.5. The van der Waals surface area contributed by atoms with Crippen molar-refractivity contribution in [3.63, 3.8) is 0 Å². The van der Waals surface area contributed by atoms with E-state index >= 15 is 0 Å². The number of hydrogen-bond acceptors (Lipinski definition) is 4. The van der Waals surface area contributed by atoms with Gasteiger partial charge in [-0.3, -0.25) is 4.79 Å². The topological polar surface area (TPSA) is 55.1 Å². The van der Waals surface area contributed by atoms with Gasteiger partial charge in [-0.15, -0.1) is 11.3 Å². The van der Waals surface area contributed by atoms with E-state index in [9.17, 15) is 4.79 Å². The Labute approximate surface area is 136 Å². The molecule has 2 aromatic heterocycles. The maximum absolute atomic E-state index is 11.9. The Morgan fingerprint density at radius 3 is 2.86 bits per heavy atom. The van der Waals surface area contributed by atoms with Gasteiger partial charge in [0.05, 0.1) is 23.5 Å². The summed E-state index contributed by atoms with van der Waals surface area (Å²) in [6.45, 7) is 2.33. The lowest BCUT2D eigenvalue weighted by molar-refractivity contribution is 0.0923. The monoisotopic (exact) mass is 332 g/mol. The van der Waals surface area contributed by atoms with Crippen LogP contribution in [0.5, 0.6) is 0 Å². The zero-order valence-corrected chi connectivity index (χ0v) is 13.4. The number of carbonyl (C=O) groups is 1. The van der Waals surface area contributed by atoms with Crippen molar-refractivity contribution in [2.75, 3.05) is 0 Å². The fourth-order valence-corrected chi connectivity index (χ4v) is 3.32. The van der Waals surface area contributed by atoms with Gasteiger partial charge in [-0.1, -0.05) is 29.8 Å². The molecule has 0 spiro atoms. The van der Waals surface area contributed by atoms with Crippen LogP contribution in [0.15, 0.2) is 47.1 Å². The number of thiazole rings is 1. The highest BCUT2D eigenvalue weighted by molar-refractivity contribution is 7.15. The molecule has 3 aromatic rings. The summed E-state index contributed by atoms with van der Waals surface area (Å²) in [6, 6.07) is 10.9. The average molecular weight is 333 g/mol. The van der Waals surface area contributed by atoms with E-state index in [1.165, 1.54) is 17.6 Å². The van der Waals surface area contributed by atoms with Crippen molar-refractivity contribution in [3.05, 3.63) is 64.0 Å². The van der Waals surface area contributed by atoms with Gasteiger partial charge in [-0.05, 0) is 25.1 Å². The lowest BCUT2D eigenvalue weighted by Crippen LogP contribution is -2.22. The number of nitrogens with zero attached hydrogens (tertiary/aromatic N) is 1. The van der Waals surface area contributed by atoms with Gasteiger partial charge in [-0.25, -0.2) is 4.98 Å². The van der Waals surface area contributed by atoms with E-state index in [-0.39, 0.29) is 5.91 Å². The highest BCUT2D eigenvalue weighted by Gasteiger charge is 2.14. The predicted molar refractivity (Wildman–Crippen MR) is 87.2 cm³/mol. The number of amides is 1. The van der Waals surface area contributed by atoms with Crippen LogP contribution in [0.2, 0.25) is 5.02 Å². The van der Waals surface area contributed by atoms with E-state index in [1.807, 2.05) is 31.2 Å². The van der Waals surface area contributed by atoms with Crippen LogP contribution in [0, 0.1) is 6.92 Å². The van der Waals surface area contributed by atoms with Crippen molar-refractivity contribution < 1.29 is 9.21 Å². The van der Waals surface area contributed by atoms with Gasteiger partial charge in [0.15, 0.2) is 5.76 Å². The number of aryl methyl sites for hydroxylation is 1. The Balaban J connectivity index is 1.76. The minimum Gasteiger partial charge on any atom is -0.459 e. The molecule has 4 nitrogen and oxygen atoms in total. The largest absolute Gasteiger partial charge is 0.459 e. The minimum absolute atomic E-state index is 0.239. The van der Waals surface area contributed by atoms with Crippen LogP contribution in [-0.4, -0.2) is 10.9 Å². The molecule has 0 atom stereocenters. The van der Waals surface area contributed by atoms with Crippen molar-refractivity contribution in [3.8, 4) is 10.6 Å². The van der Waals surface area contributed by atoms with Crippen molar-refractivity contribution >= 4 is 28.8 Å². The van der Waals surface area contributed by atoms with Gasteiger partial charge in [0.25, 0.3) is 5.91 Å². The number of furan rings is 1. The Morgan fingerprint density at radius 2 is 2.14 bits per heavy atom. The van der Waals surface area contributed by atoms with Crippen molar-refractivity contribution in [2.24, 2.45) is 0 Å². The molecule has 112 valence electrons. The van der Waals surface area contributed by atoms with E-state index in [1.54, 1.807) is 12.1 Å². The highest BCUT2D eigenvalue weighted by Crippen LogP contribution is 2.32.